The summed E-state index contributed by atoms with van der Waals surface area (Å²) < 4.78 is 39.4. The highest BCUT2D eigenvalue weighted by Crippen LogP contribution is 2.32. The van der Waals surface area contributed by atoms with Gasteiger partial charge in [0.15, 0.2) is 0 Å². The molecule has 1 heterocycles. The number of aromatic hydroxyl groups is 1. The van der Waals surface area contributed by atoms with Gasteiger partial charge < -0.3 is 10.1 Å². The normalized spacial score (nSPS) is 12.0. The Morgan fingerprint density at radius 3 is 2.48 bits per heavy atom. The van der Waals surface area contributed by atoms with Gasteiger partial charge in [-0.1, -0.05) is 12.1 Å². The molecule has 2 N–H and O–H groups in total. The number of H-pyrrole nitrogens is 1. The smallest absolute Gasteiger partial charge is 0.416 e. The molecule has 108 valence electrons. The van der Waals surface area contributed by atoms with Crippen molar-refractivity contribution in [3.63, 3.8) is 0 Å². The standard InChI is InChI=1S/C14H9F3N2O2/c15-14(16,17)8-5-6-9-11(7-8)19(13(21)18-9)10-3-1-2-4-12(10)20/h1-7,20H,(H,18,21). The first-order valence-corrected chi connectivity index (χ1v) is 5.98. The zero-order valence-corrected chi connectivity index (χ0v) is 10.5. The number of aromatic amines is 1. The Kier molecular flexibility index (Phi) is 2.79. The third-order valence-corrected chi connectivity index (χ3v) is 3.13. The zero-order valence-electron chi connectivity index (χ0n) is 10.5. The minimum absolute atomic E-state index is 0.0522. The topological polar surface area (TPSA) is 58.0 Å². The van der Waals surface area contributed by atoms with Gasteiger partial charge in [0.2, 0.25) is 0 Å². The molecule has 0 radical (unpaired) electrons. The molecule has 0 bridgehead atoms. The molecule has 3 aromatic rings. The molecule has 7 heteroatoms. The van der Waals surface area contributed by atoms with E-state index in [0.29, 0.717) is 0 Å². The van der Waals surface area contributed by atoms with Gasteiger partial charge in [-0.25, -0.2) is 4.79 Å². The molecule has 0 fully saturated rings. The van der Waals surface area contributed by atoms with Crippen LogP contribution in [0.1, 0.15) is 5.56 Å². The number of halogens is 3. The predicted octanol–water partition coefficient (Wildman–Crippen LogP) is 3.04. The van der Waals surface area contributed by atoms with E-state index in [4.69, 9.17) is 0 Å². The van der Waals surface area contributed by atoms with Crippen LogP contribution in [-0.2, 0) is 6.18 Å². The van der Waals surface area contributed by atoms with Gasteiger partial charge >= 0.3 is 11.9 Å². The van der Waals surface area contributed by atoms with Gasteiger partial charge in [0.25, 0.3) is 0 Å². The number of phenolic OH excluding ortho intramolecular Hbond substituents is 1. The van der Waals surface area contributed by atoms with Crippen molar-refractivity contribution >= 4 is 11.0 Å². The van der Waals surface area contributed by atoms with Gasteiger partial charge in [0.05, 0.1) is 22.3 Å². The van der Waals surface area contributed by atoms with Crippen LogP contribution in [0.15, 0.2) is 47.3 Å². The second-order valence-electron chi connectivity index (χ2n) is 4.48. The molecular formula is C14H9F3N2O2. The largest absolute Gasteiger partial charge is 0.506 e. The first-order chi connectivity index (χ1) is 9.88. The maximum atomic E-state index is 12.8. The number of benzene rings is 2. The van der Waals surface area contributed by atoms with E-state index in [1.54, 1.807) is 12.1 Å². The summed E-state index contributed by atoms with van der Waals surface area (Å²) in [6, 6.07) is 8.90. The van der Waals surface area contributed by atoms with E-state index >= 15 is 0 Å². The van der Waals surface area contributed by atoms with Crippen LogP contribution in [0.4, 0.5) is 13.2 Å². The lowest BCUT2D eigenvalue weighted by atomic mass is 10.2. The fourth-order valence-corrected chi connectivity index (χ4v) is 2.17. The summed E-state index contributed by atoms with van der Waals surface area (Å²) >= 11 is 0. The lowest BCUT2D eigenvalue weighted by molar-refractivity contribution is -0.137. The van der Waals surface area contributed by atoms with Crippen molar-refractivity contribution in [1.29, 1.82) is 0 Å². The molecule has 1 aromatic heterocycles. The Morgan fingerprint density at radius 2 is 1.81 bits per heavy atom. The second kappa shape index (κ2) is 4.41. The molecule has 0 amide bonds. The highest BCUT2D eigenvalue weighted by atomic mass is 19.4. The number of hydrogen-bond acceptors (Lipinski definition) is 2. The van der Waals surface area contributed by atoms with Crippen LogP contribution < -0.4 is 5.69 Å². The third-order valence-electron chi connectivity index (χ3n) is 3.13. The lowest BCUT2D eigenvalue weighted by Gasteiger charge is -2.08. The fraction of sp³-hybridized carbons (Fsp3) is 0.0714. The first-order valence-electron chi connectivity index (χ1n) is 5.98. The predicted molar refractivity (Wildman–Crippen MR) is 70.6 cm³/mol. The highest BCUT2D eigenvalue weighted by molar-refractivity contribution is 5.79. The van der Waals surface area contributed by atoms with Gasteiger partial charge in [0, 0.05) is 0 Å². The second-order valence-corrected chi connectivity index (χ2v) is 4.48. The summed E-state index contributed by atoms with van der Waals surface area (Å²) in [6.07, 6.45) is -4.51. The minimum atomic E-state index is -4.51. The van der Waals surface area contributed by atoms with Gasteiger partial charge in [-0.15, -0.1) is 0 Å². The molecule has 3 rings (SSSR count). The maximum Gasteiger partial charge on any atom is 0.416 e. The van der Waals surface area contributed by atoms with Crippen molar-refractivity contribution in [3.05, 3.63) is 58.5 Å². The number of aromatic nitrogens is 2. The molecule has 0 saturated heterocycles. The summed E-state index contributed by atoms with van der Waals surface area (Å²) in [6.45, 7) is 0. The number of hydrogen-bond donors (Lipinski definition) is 2. The summed E-state index contributed by atoms with van der Waals surface area (Å²) in [5.41, 5.74) is -1.05. The highest BCUT2D eigenvalue weighted by Gasteiger charge is 2.31. The summed E-state index contributed by atoms with van der Waals surface area (Å²) in [4.78, 5) is 14.4. The third kappa shape index (κ3) is 2.16. The minimum Gasteiger partial charge on any atom is -0.506 e. The molecule has 0 unspecified atom stereocenters. The molecule has 0 aliphatic heterocycles. The van der Waals surface area contributed by atoms with Crippen molar-refractivity contribution in [3.8, 4) is 11.4 Å². The maximum absolute atomic E-state index is 12.8. The van der Waals surface area contributed by atoms with E-state index in [-0.39, 0.29) is 22.5 Å². The molecule has 2 aromatic carbocycles. The fourth-order valence-electron chi connectivity index (χ4n) is 2.17. The van der Waals surface area contributed by atoms with Crippen molar-refractivity contribution in [1.82, 2.24) is 9.55 Å². The van der Waals surface area contributed by atoms with Crippen LogP contribution in [0.25, 0.3) is 16.7 Å². The molecule has 0 spiro atoms. The van der Waals surface area contributed by atoms with Crippen LogP contribution in [0.2, 0.25) is 0 Å². The van der Waals surface area contributed by atoms with Gasteiger partial charge in [-0.3, -0.25) is 4.57 Å². The number of nitrogens with zero attached hydrogens (tertiary/aromatic N) is 1. The number of imidazole rings is 1. The Hall–Kier alpha value is -2.70. The Morgan fingerprint density at radius 1 is 1.10 bits per heavy atom. The Labute approximate surface area is 116 Å². The van der Waals surface area contributed by atoms with Gasteiger partial charge in [0.1, 0.15) is 5.75 Å². The molecule has 0 aliphatic rings. The van der Waals surface area contributed by atoms with Crippen LogP contribution in [-0.4, -0.2) is 14.7 Å². The van der Waals surface area contributed by atoms with Crippen LogP contribution >= 0.6 is 0 Å². The van der Waals surface area contributed by atoms with Crippen LogP contribution in [0.3, 0.4) is 0 Å². The molecule has 0 saturated carbocycles. The summed E-state index contributed by atoms with van der Waals surface area (Å²) in [7, 11) is 0. The van der Waals surface area contributed by atoms with Crippen LogP contribution in [0.5, 0.6) is 5.75 Å². The summed E-state index contributed by atoms with van der Waals surface area (Å²) in [5, 5.41) is 9.80. The van der Waals surface area contributed by atoms with Gasteiger partial charge in [-0.05, 0) is 30.3 Å². The van der Waals surface area contributed by atoms with Crippen molar-refractivity contribution in [2.45, 2.75) is 6.18 Å². The van der Waals surface area contributed by atoms with E-state index in [9.17, 15) is 23.1 Å². The van der Waals surface area contributed by atoms with E-state index in [1.807, 2.05) is 0 Å². The molecular weight excluding hydrogens is 285 g/mol. The van der Waals surface area contributed by atoms with E-state index in [2.05, 4.69) is 4.98 Å². The lowest BCUT2D eigenvalue weighted by Crippen LogP contribution is -2.14. The molecule has 0 atom stereocenters. The quantitative estimate of drug-likeness (QED) is 0.724. The Balaban J connectivity index is 2.35. The van der Waals surface area contributed by atoms with Crippen molar-refractivity contribution in [2.75, 3.05) is 0 Å². The summed E-state index contributed by atoms with van der Waals surface area (Å²) in [5.74, 6) is -0.196. The number of rotatable bonds is 1. The van der Waals surface area contributed by atoms with Crippen molar-refractivity contribution in [2.24, 2.45) is 0 Å². The van der Waals surface area contributed by atoms with Crippen LogP contribution in [0, 0.1) is 0 Å². The Bertz CT molecular complexity index is 878. The molecule has 0 aliphatic carbocycles. The molecule has 21 heavy (non-hydrogen) atoms. The van der Waals surface area contributed by atoms with Gasteiger partial charge in [-0.2, -0.15) is 13.2 Å². The van der Waals surface area contributed by atoms with E-state index in [0.717, 1.165) is 16.7 Å². The number of fused-ring (bicyclic) bond motifs is 1. The number of alkyl halides is 3. The first kappa shape index (κ1) is 13.3. The number of nitrogens with one attached hydrogen (secondary N) is 1. The van der Waals surface area contributed by atoms with E-state index < -0.39 is 17.4 Å². The zero-order chi connectivity index (χ0) is 15.2. The average molecular weight is 294 g/mol. The monoisotopic (exact) mass is 294 g/mol. The number of phenols is 1. The van der Waals surface area contributed by atoms with E-state index in [1.165, 1.54) is 18.2 Å². The number of para-hydroxylation sites is 2. The SMILES string of the molecule is O=c1[nH]c2ccc(C(F)(F)F)cc2n1-c1ccccc1O. The average Bonchev–Trinajstić information content (AvgIpc) is 2.73. The molecule has 4 nitrogen and oxygen atoms in total. The van der Waals surface area contributed by atoms with Crippen molar-refractivity contribution < 1.29 is 18.3 Å².